The molecule has 0 fully saturated rings. The lowest BCUT2D eigenvalue weighted by Gasteiger charge is -2.11. The fourth-order valence-corrected chi connectivity index (χ4v) is 2.14. The number of ether oxygens (including phenoxy) is 2. The van der Waals surface area contributed by atoms with Gasteiger partial charge in [0.05, 0.1) is 31.4 Å². The first kappa shape index (κ1) is 19.1. The van der Waals surface area contributed by atoms with E-state index in [0.717, 1.165) is 18.2 Å². The van der Waals surface area contributed by atoms with Crippen LogP contribution < -0.4 is 10.6 Å². The zero-order chi connectivity index (χ0) is 16.4. The van der Waals surface area contributed by atoms with Gasteiger partial charge in [-0.25, -0.2) is 4.99 Å². The zero-order valence-electron chi connectivity index (χ0n) is 13.3. The lowest BCUT2D eigenvalue weighted by atomic mass is 10.4. The molecule has 6 nitrogen and oxygen atoms in total. The molecular weight excluding hydrogens is 327 g/mol. The van der Waals surface area contributed by atoms with Crippen molar-refractivity contribution < 1.29 is 9.47 Å². The average molecular weight is 351 g/mol. The lowest BCUT2D eigenvalue weighted by molar-refractivity contribution is 0.0733. The van der Waals surface area contributed by atoms with E-state index in [1.807, 2.05) is 24.6 Å². The van der Waals surface area contributed by atoms with E-state index in [2.05, 4.69) is 15.6 Å². The van der Waals surface area contributed by atoms with Crippen LogP contribution in [0, 0.1) is 0 Å². The number of rotatable bonds is 9. The number of halogens is 2. The first-order valence-corrected chi connectivity index (χ1v) is 7.94. The molecule has 1 aromatic heterocycles. The SMILES string of the molecule is CCNC(=NCc1cc(Cl)c(Cl)n1C)NCCOCCOC. The van der Waals surface area contributed by atoms with Crippen molar-refractivity contribution in [2.45, 2.75) is 13.5 Å². The number of hydrogen-bond acceptors (Lipinski definition) is 3. The molecule has 0 bridgehead atoms. The van der Waals surface area contributed by atoms with E-state index in [-0.39, 0.29) is 0 Å². The van der Waals surface area contributed by atoms with Crippen molar-refractivity contribution in [3.8, 4) is 0 Å². The van der Waals surface area contributed by atoms with Crippen LogP contribution in [0.3, 0.4) is 0 Å². The minimum atomic E-state index is 0.489. The summed E-state index contributed by atoms with van der Waals surface area (Å²) in [6.45, 7) is 5.74. The minimum Gasteiger partial charge on any atom is -0.382 e. The molecule has 0 saturated carbocycles. The molecule has 0 saturated heterocycles. The Morgan fingerprint density at radius 3 is 2.64 bits per heavy atom. The van der Waals surface area contributed by atoms with E-state index in [9.17, 15) is 0 Å². The van der Waals surface area contributed by atoms with Gasteiger partial charge in [-0.05, 0) is 13.0 Å². The maximum Gasteiger partial charge on any atom is 0.191 e. The third-order valence-electron chi connectivity index (χ3n) is 2.93. The molecule has 0 atom stereocenters. The van der Waals surface area contributed by atoms with Crippen LogP contribution >= 0.6 is 23.2 Å². The van der Waals surface area contributed by atoms with E-state index in [0.29, 0.717) is 43.1 Å². The third kappa shape index (κ3) is 6.44. The molecule has 2 N–H and O–H groups in total. The monoisotopic (exact) mass is 350 g/mol. The standard InChI is InChI=1S/C14H24Cl2N4O2/c1-4-17-14(18-5-6-22-8-7-21-3)19-10-11-9-12(15)13(16)20(11)2/h9H,4-8,10H2,1-3H3,(H2,17,18,19). The highest BCUT2D eigenvalue weighted by atomic mass is 35.5. The molecule has 1 rings (SSSR count). The molecular formula is C14H24Cl2N4O2. The van der Waals surface area contributed by atoms with Crippen LogP contribution in [0.25, 0.3) is 0 Å². The Bertz CT molecular complexity index is 478. The van der Waals surface area contributed by atoms with Crippen LogP contribution in [0.1, 0.15) is 12.6 Å². The molecule has 22 heavy (non-hydrogen) atoms. The maximum atomic E-state index is 6.04. The van der Waals surface area contributed by atoms with E-state index >= 15 is 0 Å². The minimum absolute atomic E-state index is 0.489. The van der Waals surface area contributed by atoms with Crippen LogP contribution in [0.15, 0.2) is 11.1 Å². The van der Waals surface area contributed by atoms with Gasteiger partial charge in [0.2, 0.25) is 0 Å². The van der Waals surface area contributed by atoms with E-state index in [1.54, 1.807) is 7.11 Å². The van der Waals surface area contributed by atoms with Gasteiger partial charge in [0.1, 0.15) is 5.15 Å². The van der Waals surface area contributed by atoms with Gasteiger partial charge in [0, 0.05) is 32.9 Å². The van der Waals surface area contributed by atoms with Gasteiger partial charge < -0.3 is 24.7 Å². The second-order valence-corrected chi connectivity index (χ2v) is 5.33. The Hall–Kier alpha value is -0.950. The number of methoxy groups -OCH3 is 1. The molecule has 0 aromatic carbocycles. The van der Waals surface area contributed by atoms with Crippen LogP contribution in [0.2, 0.25) is 10.2 Å². The van der Waals surface area contributed by atoms with Crippen LogP contribution in [0.4, 0.5) is 0 Å². The van der Waals surface area contributed by atoms with Crippen LogP contribution in [-0.2, 0) is 23.1 Å². The van der Waals surface area contributed by atoms with Crippen LogP contribution in [0.5, 0.6) is 0 Å². The summed E-state index contributed by atoms with van der Waals surface area (Å²) in [7, 11) is 3.52. The van der Waals surface area contributed by atoms with Gasteiger partial charge in [-0.15, -0.1) is 0 Å². The second kappa shape index (κ2) is 10.7. The summed E-state index contributed by atoms with van der Waals surface area (Å²) in [4.78, 5) is 4.51. The first-order chi connectivity index (χ1) is 10.6. The first-order valence-electron chi connectivity index (χ1n) is 7.18. The molecule has 8 heteroatoms. The van der Waals surface area contributed by atoms with E-state index < -0.39 is 0 Å². The zero-order valence-corrected chi connectivity index (χ0v) is 14.8. The fraction of sp³-hybridized carbons (Fsp3) is 0.643. The summed E-state index contributed by atoms with van der Waals surface area (Å²) < 4.78 is 12.1. The Labute approximate surface area is 141 Å². The molecule has 0 unspecified atom stereocenters. The van der Waals surface area contributed by atoms with Gasteiger partial charge in [-0.3, -0.25) is 0 Å². The molecule has 0 spiro atoms. The smallest absolute Gasteiger partial charge is 0.191 e. The summed E-state index contributed by atoms with van der Waals surface area (Å²) in [5, 5.41) is 7.45. The second-order valence-electron chi connectivity index (χ2n) is 4.56. The fourth-order valence-electron chi connectivity index (χ4n) is 1.73. The molecule has 0 amide bonds. The Morgan fingerprint density at radius 2 is 2.05 bits per heavy atom. The van der Waals surface area contributed by atoms with Crippen molar-refractivity contribution in [1.82, 2.24) is 15.2 Å². The van der Waals surface area contributed by atoms with Crippen molar-refractivity contribution in [3.05, 3.63) is 21.9 Å². The topological polar surface area (TPSA) is 59.8 Å². The normalized spacial score (nSPS) is 11.8. The molecule has 1 heterocycles. The lowest BCUT2D eigenvalue weighted by Crippen LogP contribution is -2.39. The predicted octanol–water partition coefficient (Wildman–Crippen LogP) is 2.05. The number of nitrogens with zero attached hydrogens (tertiary/aromatic N) is 2. The average Bonchev–Trinajstić information content (AvgIpc) is 2.75. The van der Waals surface area contributed by atoms with Gasteiger partial charge >= 0.3 is 0 Å². The van der Waals surface area contributed by atoms with Gasteiger partial charge in [0.15, 0.2) is 5.96 Å². The maximum absolute atomic E-state index is 6.04. The molecule has 0 aliphatic rings. The van der Waals surface area contributed by atoms with E-state index in [1.165, 1.54) is 0 Å². The summed E-state index contributed by atoms with van der Waals surface area (Å²) in [6.07, 6.45) is 0. The highest BCUT2D eigenvalue weighted by molar-refractivity contribution is 6.41. The highest BCUT2D eigenvalue weighted by Gasteiger charge is 2.08. The Balaban J connectivity index is 2.46. The summed E-state index contributed by atoms with van der Waals surface area (Å²) >= 11 is 12.0. The third-order valence-corrected chi connectivity index (χ3v) is 3.77. The molecule has 0 aliphatic heterocycles. The number of hydrogen-bond donors (Lipinski definition) is 2. The number of aliphatic imine (C=N–C) groups is 1. The summed E-state index contributed by atoms with van der Waals surface area (Å²) in [5.74, 6) is 0.728. The van der Waals surface area contributed by atoms with Gasteiger partial charge in [-0.1, -0.05) is 23.2 Å². The van der Waals surface area contributed by atoms with E-state index in [4.69, 9.17) is 32.7 Å². The number of nitrogens with one attached hydrogen (secondary N) is 2. The van der Waals surface area contributed by atoms with Gasteiger partial charge in [0.25, 0.3) is 0 Å². The highest BCUT2D eigenvalue weighted by Crippen LogP contribution is 2.25. The largest absolute Gasteiger partial charge is 0.382 e. The predicted molar refractivity (Wildman–Crippen MR) is 90.9 cm³/mol. The van der Waals surface area contributed by atoms with Crippen LogP contribution in [-0.4, -0.2) is 50.5 Å². The van der Waals surface area contributed by atoms with Crippen molar-refractivity contribution in [2.75, 3.05) is 40.0 Å². The number of guanidine groups is 1. The Morgan fingerprint density at radius 1 is 1.27 bits per heavy atom. The molecule has 0 radical (unpaired) electrons. The van der Waals surface area contributed by atoms with Gasteiger partial charge in [-0.2, -0.15) is 0 Å². The quantitative estimate of drug-likeness (QED) is 0.406. The molecule has 126 valence electrons. The Kier molecular flexibility index (Phi) is 9.31. The van der Waals surface area contributed by atoms with Crippen molar-refractivity contribution in [3.63, 3.8) is 0 Å². The van der Waals surface area contributed by atoms with Crippen molar-refractivity contribution in [1.29, 1.82) is 0 Å². The summed E-state index contributed by atoms with van der Waals surface area (Å²) in [6, 6.07) is 1.82. The summed E-state index contributed by atoms with van der Waals surface area (Å²) in [5.41, 5.74) is 0.948. The number of aromatic nitrogens is 1. The molecule has 1 aromatic rings. The molecule has 0 aliphatic carbocycles. The van der Waals surface area contributed by atoms with Crippen molar-refractivity contribution >= 4 is 29.2 Å². The van der Waals surface area contributed by atoms with Crippen molar-refractivity contribution in [2.24, 2.45) is 12.0 Å².